The molecule has 0 radical (unpaired) electrons. The third kappa shape index (κ3) is 5.41. The smallest absolute Gasteiger partial charge is 0.434 e. The summed E-state index contributed by atoms with van der Waals surface area (Å²) in [6.45, 7) is -0.352. The second-order valence-corrected chi connectivity index (χ2v) is 11.0. The summed E-state index contributed by atoms with van der Waals surface area (Å²) in [7, 11) is -4.62. The average molecular weight is 602 g/mol. The van der Waals surface area contributed by atoms with Gasteiger partial charge < -0.3 is 9.15 Å². The molecule has 0 amide bonds. The molecule has 0 saturated carbocycles. The summed E-state index contributed by atoms with van der Waals surface area (Å²) < 4.78 is 107. The number of sulfonamides is 1. The SMILES string of the molecule is O=c1[nH]nc(CCC2CN(S(=O)(=O)c3cccc(C(F)(F)F)c3)c3cc(-c4cc(F)cc(F)c4Cl)ccc3O2)o1. The number of alkyl halides is 3. The maximum Gasteiger partial charge on any atom is 0.434 e. The molecule has 1 aliphatic rings. The van der Waals surface area contributed by atoms with E-state index in [1.165, 1.54) is 18.2 Å². The molecule has 0 bridgehead atoms. The lowest BCUT2D eigenvalue weighted by atomic mass is 10.0. The molecule has 8 nitrogen and oxygen atoms in total. The maximum absolute atomic E-state index is 14.1. The molecule has 0 spiro atoms. The van der Waals surface area contributed by atoms with E-state index in [2.05, 4.69) is 10.2 Å². The molecule has 2 heterocycles. The van der Waals surface area contributed by atoms with E-state index in [1.807, 2.05) is 0 Å². The number of anilines is 1. The Morgan fingerprint density at radius 1 is 1.10 bits per heavy atom. The number of H-pyrrole nitrogens is 1. The Hall–Kier alpha value is -3.91. The second-order valence-electron chi connectivity index (χ2n) is 8.78. The minimum Gasteiger partial charge on any atom is -0.486 e. The van der Waals surface area contributed by atoms with E-state index in [0.717, 1.165) is 28.6 Å². The van der Waals surface area contributed by atoms with Crippen molar-refractivity contribution in [3.05, 3.63) is 93.3 Å². The fourth-order valence-corrected chi connectivity index (χ4v) is 6.00. The Labute approximate surface area is 228 Å². The van der Waals surface area contributed by atoms with Gasteiger partial charge in [-0.1, -0.05) is 23.7 Å². The van der Waals surface area contributed by atoms with Crippen LogP contribution >= 0.6 is 11.6 Å². The number of hydrogen-bond acceptors (Lipinski definition) is 6. The number of fused-ring (bicyclic) bond motifs is 1. The van der Waals surface area contributed by atoms with Crippen LogP contribution in [0.4, 0.5) is 27.6 Å². The van der Waals surface area contributed by atoms with E-state index in [1.54, 1.807) is 0 Å². The summed E-state index contributed by atoms with van der Waals surface area (Å²) in [6, 6.07) is 8.83. The van der Waals surface area contributed by atoms with Gasteiger partial charge in [-0.25, -0.2) is 27.1 Å². The zero-order valence-electron chi connectivity index (χ0n) is 20.0. The van der Waals surface area contributed by atoms with E-state index in [9.17, 15) is 35.2 Å². The highest BCUT2D eigenvalue weighted by molar-refractivity contribution is 7.92. The van der Waals surface area contributed by atoms with E-state index < -0.39 is 55.2 Å². The Balaban J connectivity index is 1.59. The van der Waals surface area contributed by atoms with Crippen LogP contribution in [0.3, 0.4) is 0 Å². The van der Waals surface area contributed by atoms with E-state index >= 15 is 0 Å². The largest absolute Gasteiger partial charge is 0.486 e. The molecular formula is C25H17ClF5N3O5S. The van der Waals surface area contributed by atoms with Gasteiger partial charge in [-0.3, -0.25) is 4.31 Å². The lowest BCUT2D eigenvalue weighted by molar-refractivity contribution is -0.137. The van der Waals surface area contributed by atoms with E-state index in [4.69, 9.17) is 20.8 Å². The number of hydrogen-bond donors (Lipinski definition) is 1. The molecule has 0 saturated heterocycles. The Morgan fingerprint density at radius 2 is 1.88 bits per heavy atom. The molecule has 1 aromatic heterocycles. The number of nitrogens with zero attached hydrogens (tertiary/aromatic N) is 2. The molecule has 4 aromatic rings. The molecule has 40 heavy (non-hydrogen) atoms. The Kier molecular flexibility index (Phi) is 7.08. The molecular weight excluding hydrogens is 585 g/mol. The summed E-state index contributed by atoms with van der Waals surface area (Å²) in [4.78, 5) is 10.6. The van der Waals surface area contributed by atoms with Gasteiger partial charge in [0.2, 0.25) is 5.89 Å². The Bertz CT molecular complexity index is 1760. The predicted molar refractivity (Wildman–Crippen MR) is 133 cm³/mol. The minimum atomic E-state index is -4.80. The van der Waals surface area contributed by atoms with Crippen molar-refractivity contribution in [3.63, 3.8) is 0 Å². The lowest BCUT2D eigenvalue weighted by Crippen LogP contribution is -2.43. The summed E-state index contributed by atoms with van der Waals surface area (Å²) >= 11 is 6.04. The number of benzene rings is 3. The quantitative estimate of drug-likeness (QED) is 0.229. The first-order chi connectivity index (χ1) is 18.8. The van der Waals surface area contributed by atoms with Gasteiger partial charge in [0, 0.05) is 18.1 Å². The first kappa shape index (κ1) is 27.6. The van der Waals surface area contributed by atoms with Crippen molar-refractivity contribution in [1.29, 1.82) is 0 Å². The highest BCUT2D eigenvalue weighted by atomic mass is 35.5. The van der Waals surface area contributed by atoms with Crippen LogP contribution in [-0.2, 0) is 22.6 Å². The highest BCUT2D eigenvalue weighted by Crippen LogP contribution is 2.42. The van der Waals surface area contributed by atoms with Crippen molar-refractivity contribution in [2.75, 3.05) is 10.8 Å². The normalized spacial score (nSPS) is 15.6. The topological polar surface area (TPSA) is 106 Å². The van der Waals surface area contributed by atoms with Gasteiger partial charge in [0.1, 0.15) is 23.5 Å². The van der Waals surface area contributed by atoms with Crippen molar-refractivity contribution in [1.82, 2.24) is 10.2 Å². The first-order valence-corrected chi connectivity index (χ1v) is 13.3. The van der Waals surface area contributed by atoms with E-state index in [-0.39, 0.29) is 47.8 Å². The van der Waals surface area contributed by atoms with Crippen LogP contribution in [0.5, 0.6) is 5.75 Å². The molecule has 1 aliphatic heterocycles. The van der Waals surface area contributed by atoms with Gasteiger partial charge in [0.15, 0.2) is 0 Å². The molecule has 0 aliphatic carbocycles. The predicted octanol–water partition coefficient (Wildman–Crippen LogP) is 5.57. The molecule has 1 N–H and O–H groups in total. The van der Waals surface area contributed by atoms with Crippen molar-refractivity contribution >= 4 is 27.3 Å². The number of nitrogens with one attached hydrogen (secondary N) is 1. The zero-order chi connectivity index (χ0) is 28.8. The van der Waals surface area contributed by atoms with E-state index in [0.29, 0.717) is 12.1 Å². The minimum absolute atomic E-state index is 0.0343. The fraction of sp³-hybridized carbons (Fsp3) is 0.200. The third-order valence-electron chi connectivity index (χ3n) is 6.11. The van der Waals surface area contributed by atoms with Crippen molar-refractivity contribution in [2.24, 2.45) is 0 Å². The summed E-state index contributed by atoms with van der Waals surface area (Å²) in [6.07, 6.45) is -5.44. The third-order valence-corrected chi connectivity index (χ3v) is 8.27. The van der Waals surface area contributed by atoms with Crippen molar-refractivity contribution < 1.29 is 39.5 Å². The van der Waals surface area contributed by atoms with Crippen molar-refractivity contribution in [3.8, 4) is 16.9 Å². The highest BCUT2D eigenvalue weighted by Gasteiger charge is 2.37. The average Bonchev–Trinajstić information content (AvgIpc) is 3.33. The Morgan fingerprint density at radius 3 is 2.58 bits per heavy atom. The number of halogens is 6. The summed E-state index contributed by atoms with van der Waals surface area (Å²) in [5, 5.41) is 5.38. The van der Waals surface area contributed by atoms with Crippen LogP contribution in [0.25, 0.3) is 11.1 Å². The van der Waals surface area contributed by atoms with Gasteiger partial charge in [-0.15, -0.1) is 5.10 Å². The second kappa shape index (κ2) is 10.2. The summed E-state index contributed by atoms with van der Waals surface area (Å²) in [5.74, 6) is -2.66. The first-order valence-electron chi connectivity index (χ1n) is 11.5. The van der Waals surface area contributed by atoms with Gasteiger partial charge >= 0.3 is 11.9 Å². The molecule has 1 unspecified atom stereocenters. The molecule has 0 fully saturated rings. The lowest BCUT2D eigenvalue weighted by Gasteiger charge is -2.36. The van der Waals surface area contributed by atoms with Crippen molar-refractivity contribution in [2.45, 2.75) is 30.0 Å². The molecule has 3 aromatic carbocycles. The van der Waals surface area contributed by atoms with Crippen LogP contribution in [-0.4, -0.2) is 31.3 Å². The number of aryl methyl sites for hydroxylation is 1. The van der Waals surface area contributed by atoms with Gasteiger partial charge in [-0.05, 0) is 48.4 Å². The fourth-order valence-electron chi connectivity index (χ4n) is 4.24. The molecule has 210 valence electrons. The van der Waals surface area contributed by atoms with Crippen LogP contribution in [0.1, 0.15) is 17.9 Å². The zero-order valence-corrected chi connectivity index (χ0v) is 21.6. The number of ether oxygens (including phenoxy) is 1. The van der Waals surface area contributed by atoms with Gasteiger partial charge in [0.05, 0.1) is 27.7 Å². The molecule has 1 atom stereocenters. The van der Waals surface area contributed by atoms with Gasteiger partial charge in [0.25, 0.3) is 10.0 Å². The number of aromatic nitrogens is 2. The number of rotatable bonds is 6. The van der Waals surface area contributed by atoms with Crippen LogP contribution in [0, 0.1) is 11.6 Å². The molecule has 5 rings (SSSR count). The number of aromatic amines is 1. The summed E-state index contributed by atoms with van der Waals surface area (Å²) in [5.41, 5.74) is -1.19. The molecule has 15 heteroatoms. The standard InChI is InChI=1S/C25H17ClF5N3O5S/c26-23-18(10-15(27)11-19(23)28)13-4-6-21-20(8-13)34(12-16(38-21)5-7-22-32-33-24(35)39-22)40(36,37)17-3-1-2-14(9-17)25(29,30)31/h1-4,6,8-11,16H,5,7,12H2,(H,33,35). The van der Waals surface area contributed by atoms with Crippen LogP contribution in [0.15, 0.2) is 68.7 Å². The van der Waals surface area contributed by atoms with Crippen LogP contribution < -0.4 is 14.8 Å². The van der Waals surface area contributed by atoms with Crippen LogP contribution in [0.2, 0.25) is 5.02 Å². The van der Waals surface area contributed by atoms with Gasteiger partial charge in [-0.2, -0.15) is 13.2 Å². The monoisotopic (exact) mass is 601 g/mol. The maximum atomic E-state index is 14.1.